The van der Waals surface area contributed by atoms with E-state index in [1.807, 2.05) is 0 Å². The Bertz CT molecular complexity index is 2360. The van der Waals surface area contributed by atoms with Gasteiger partial charge in [-0.15, -0.1) is 0 Å². The predicted molar refractivity (Wildman–Crippen MR) is 243 cm³/mol. The van der Waals surface area contributed by atoms with Crippen molar-refractivity contribution in [2.75, 3.05) is 21.3 Å². The first-order valence-electron chi connectivity index (χ1n) is 19.0. The molecule has 7 aromatic carbocycles. The second-order valence-electron chi connectivity index (χ2n) is 14.4. The number of ether oxygens (including phenoxy) is 3. The van der Waals surface area contributed by atoms with Crippen molar-refractivity contribution in [2.24, 2.45) is 0 Å². The Morgan fingerprint density at radius 3 is 1.32 bits per heavy atom. The molecule has 0 amide bonds. The van der Waals surface area contributed by atoms with Gasteiger partial charge in [0.2, 0.25) is 0 Å². The third-order valence-electron chi connectivity index (χ3n) is 10.6. The zero-order valence-electron chi connectivity index (χ0n) is 33.9. The predicted octanol–water partition coefficient (Wildman–Crippen LogP) is 10.4. The van der Waals surface area contributed by atoms with Gasteiger partial charge in [-0.05, 0) is 176 Å². The van der Waals surface area contributed by atoms with E-state index in [4.69, 9.17) is 14.2 Å². The van der Waals surface area contributed by atoms with Gasteiger partial charge in [-0.25, -0.2) is 0 Å². The van der Waals surface area contributed by atoms with E-state index in [1.165, 1.54) is 59.6 Å². The van der Waals surface area contributed by atoms with Crippen LogP contribution in [-0.2, 0) is 0 Å². The molecular formula is C51H50O3P2. The highest BCUT2D eigenvalue weighted by Gasteiger charge is 2.27. The van der Waals surface area contributed by atoms with Gasteiger partial charge in [0.05, 0.1) is 21.3 Å². The first-order valence-corrected chi connectivity index (χ1v) is 21.7. The zero-order valence-corrected chi connectivity index (χ0v) is 35.7. The summed E-state index contributed by atoms with van der Waals surface area (Å²) < 4.78 is 18.0. The van der Waals surface area contributed by atoms with Gasteiger partial charge >= 0.3 is 0 Å². The minimum absolute atomic E-state index is 0.862. The van der Waals surface area contributed by atoms with Crippen LogP contribution in [0.5, 0.6) is 17.2 Å². The van der Waals surface area contributed by atoms with Crippen molar-refractivity contribution in [1.82, 2.24) is 0 Å². The Morgan fingerprint density at radius 2 is 0.821 bits per heavy atom. The van der Waals surface area contributed by atoms with Crippen LogP contribution in [0.25, 0.3) is 22.3 Å². The maximum absolute atomic E-state index is 6.31. The molecule has 0 saturated carbocycles. The number of hydrogen-bond acceptors (Lipinski definition) is 3. The van der Waals surface area contributed by atoms with E-state index in [9.17, 15) is 0 Å². The van der Waals surface area contributed by atoms with Crippen LogP contribution in [0.15, 0.2) is 140 Å². The lowest BCUT2D eigenvalue weighted by molar-refractivity contribution is 0.408. The smallest absolute Gasteiger partial charge is 0.127 e. The summed E-state index contributed by atoms with van der Waals surface area (Å²) >= 11 is 0. The maximum atomic E-state index is 6.31. The highest BCUT2D eigenvalue weighted by atomic mass is 31.1. The summed E-state index contributed by atoms with van der Waals surface area (Å²) in [4.78, 5) is 0. The van der Waals surface area contributed by atoms with Gasteiger partial charge in [0.15, 0.2) is 0 Å². The molecule has 0 aliphatic carbocycles. The van der Waals surface area contributed by atoms with Gasteiger partial charge in [0, 0.05) is 5.56 Å². The van der Waals surface area contributed by atoms with Gasteiger partial charge in [0.1, 0.15) is 17.2 Å². The van der Waals surface area contributed by atoms with E-state index in [0.717, 1.165) is 45.1 Å². The summed E-state index contributed by atoms with van der Waals surface area (Å²) in [6, 6.07) is 51.6. The standard InChI is InChI=1S/C51H50O3P2/c1-33-24-26-41(55(42-28-35(3)50(53-8)36(4)29-42)43-30-37(5)51(54-9)38(6)31-43)32-45(33)49-46(52-7)27-25-34(2)48(49)44-22-16-17-23-47(44)56(39-18-12-10-13-19-39)40-20-14-11-15-21-40/h10-32H,1-9H3. The average molecular weight is 773 g/mol. The largest absolute Gasteiger partial charge is 0.496 e. The molecule has 0 bridgehead atoms. The molecule has 0 fully saturated rings. The summed E-state index contributed by atoms with van der Waals surface area (Å²) in [6.07, 6.45) is 0. The van der Waals surface area contributed by atoms with Gasteiger partial charge in [-0.2, -0.15) is 0 Å². The molecule has 0 radical (unpaired) electrons. The van der Waals surface area contributed by atoms with Crippen LogP contribution in [0.3, 0.4) is 0 Å². The van der Waals surface area contributed by atoms with Gasteiger partial charge in [-0.1, -0.05) is 103 Å². The molecule has 0 spiro atoms. The van der Waals surface area contributed by atoms with Crippen LogP contribution in [0.4, 0.5) is 0 Å². The van der Waals surface area contributed by atoms with Crippen molar-refractivity contribution < 1.29 is 14.2 Å². The summed E-state index contributed by atoms with van der Waals surface area (Å²) in [5.74, 6) is 2.74. The molecule has 0 unspecified atom stereocenters. The van der Waals surface area contributed by atoms with Crippen molar-refractivity contribution in [3.63, 3.8) is 0 Å². The highest BCUT2D eigenvalue weighted by Crippen LogP contribution is 2.47. The summed E-state index contributed by atoms with van der Waals surface area (Å²) in [6.45, 7) is 13.1. The Balaban J connectivity index is 1.50. The lowest BCUT2D eigenvalue weighted by Gasteiger charge is -2.27. The molecule has 7 rings (SSSR count). The number of hydrogen-bond donors (Lipinski definition) is 0. The molecule has 5 heteroatoms. The molecule has 0 aromatic heterocycles. The van der Waals surface area contributed by atoms with Crippen LogP contribution >= 0.6 is 15.8 Å². The number of rotatable bonds is 11. The number of benzene rings is 7. The number of aryl methyl sites for hydroxylation is 6. The fourth-order valence-electron chi connectivity index (χ4n) is 8.16. The van der Waals surface area contributed by atoms with Crippen LogP contribution in [-0.4, -0.2) is 21.3 Å². The van der Waals surface area contributed by atoms with Crippen LogP contribution in [0.2, 0.25) is 0 Å². The maximum Gasteiger partial charge on any atom is 0.127 e. The Kier molecular flexibility index (Phi) is 11.8. The summed E-state index contributed by atoms with van der Waals surface area (Å²) in [5.41, 5.74) is 11.7. The molecule has 7 aromatic rings. The van der Waals surface area contributed by atoms with E-state index in [1.54, 1.807) is 21.3 Å². The fraction of sp³-hybridized carbons (Fsp3) is 0.176. The second kappa shape index (κ2) is 16.9. The molecule has 282 valence electrons. The minimum Gasteiger partial charge on any atom is -0.496 e. The van der Waals surface area contributed by atoms with Crippen LogP contribution in [0.1, 0.15) is 33.4 Å². The van der Waals surface area contributed by atoms with Crippen LogP contribution < -0.4 is 46.0 Å². The van der Waals surface area contributed by atoms with Crippen LogP contribution in [0, 0.1) is 41.5 Å². The van der Waals surface area contributed by atoms with Crippen molar-refractivity contribution in [1.29, 1.82) is 0 Å². The van der Waals surface area contributed by atoms with Crippen molar-refractivity contribution in [2.45, 2.75) is 41.5 Å². The molecule has 0 saturated heterocycles. The minimum atomic E-state index is -0.976. The lowest BCUT2D eigenvalue weighted by atomic mass is 9.88. The lowest BCUT2D eigenvalue weighted by Crippen LogP contribution is -2.23. The van der Waals surface area contributed by atoms with Crippen molar-refractivity contribution >= 4 is 47.7 Å². The van der Waals surface area contributed by atoms with E-state index >= 15 is 0 Å². The van der Waals surface area contributed by atoms with E-state index < -0.39 is 15.8 Å². The highest BCUT2D eigenvalue weighted by molar-refractivity contribution is 7.80. The van der Waals surface area contributed by atoms with Gasteiger partial charge < -0.3 is 14.2 Å². The Morgan fingerprint density at radius 1 is 0.339 bits per heavy atom. The molecule has 0 aliphatic heterocycles. The second-order valence-corrected chi connectivity index (χ2v) is 18.8. The molecule has 3 nitrogen and oxygen atoms in total. The molecule has 0 atom stereocenters. The molecule has 0 heterocycles. The topological polar surface area (TPSA) is 27.7 Å². The Labute approximate surface area is 335 Å². The SMILES string of the molecule is COc1ccc(C)c(-c2ccccc2P(c2ccccc2)c2ccccc2)c1-c1cc(P(c2cc(C)c(OC)c(C)c2)c2cc(C)c(OC)c(C)c2)ccc1C. The average Bonchev–Trinajstić information content (AvgIpc) is 3.20. The molecule has 0 aliphatic rings. The van der Waals surface area contributed by atoms with E-state index in [-0.39, 0.29) is 0 Å². The fourth-order valence-corrected chi connectivity index (χ4v) is 13.3. The third kappa shape index (κ3) is 7.52. The zero-order chi connectivity index (χ0) is 39.5. The third-order valence-corrected chi connectivity index (χ3v) is 15.4. The van der Waals surface area contributed by atoms with E-state index in [0.29, 0.717) is 0 Å². The summed E-state index contributed by atoms with van der Waals surface area (Å²) in [7, 11) is 3.47. The Hall–Kier alpha value is -5.20. The molecular weight excluding hydrogens is 723 g/mol. The first kappa shape index (κ1) is 39.1. The first-order chi connectivity index (χ1) is 27.1. The van der Waals surface area contributed by atoms with Gasteiger partial charge in [-0.3, -0.25) is 0 Å². The van der Waals surface area contributed by atoms with Gasteiger partial charge in [0.25, 0.3) is 0 Å². The van der Waals surface area contributed by atoms with E-state index in [2.05, 4.69) is 181 Å². The van der Waals surface area contributed by atoms with Crippen molar-refractivity contribution in [3.05, 3.63) is 173 Å². The molecule has 56 heavy (non-hydrogen) atoms. The monoisotopic (exact) mass is 772 g/mol. The molecule has 0 N–H and O–H groups in total. The normalized spacial score (nSPS) is 11.3. The number of methoxy groups -OCH3 is 3. The van der Waals surface area contributed by atoms with Crippen molar-refractivity contribution in [3.8, 4) is 39.5 Å². The summed E-state index contributed by atoms with van der Waals surface area (Å²) in [5, 5.41) is 7.80. The quantitative estimate of drug-likeness (QED) is 0.123.